The van der Waals surface area contributed by atoms with Gasteiger partial charge in [0.25, 0.3) is 5.91 Å². The van der Waals surface area contributed by atoms with Gasteiger partial charge in [0.1, 0.15) is 0 Å². The summed E-state index contributed by atoms with van der Waals surface area (Å²) >= 11 is 0. The minimum absolute atomic E-state index is 0.00377. The maximum absolute atomic E-state index is 12.3. The highest BCUT2D eigenvalue weighted by atomic mass is 16.5. The molecule has 27 heavy (non-hydrogen) atoms. The lowest BCUT2D eigenvalue weighted by Gasteiger charge is -2.18. The van der Waals surface area contributed by atoms with Crippen LogP contribution in [0.2, 0.25) is 0 Å². The third-order valence-corrected chi connectivity index (χ3v) is 4.35. The molecule has 144 valence electrons. The highest BCUT2D eigenvalue weighted by molar-refractivity contribution is 5.93. The molecule has 0 saturated carbocycles. The molecule has 5 nitrogen and oxygen atoms in total. The number of ether oxygens (including phenoxy) is 1. The molecule has 0 bridgehead atoms. The first-order valence-electron chi connectivity index (χ1n) is 9.19. The molecule has 2 rings (SSSR count). The molecule has 0 unspecified atom stereocenters. The second-order valence-electron chi connectivity index (χ2n) is 6.93. The summed E-state index contributed by atoms with van der Waals surface area (Å²) in [5, 5.41) is 2.91. The van der Waals surface area contributed by atoms with Crippen molar-refractivity contribution in [3.8, 4) is 0 Å². The van der Waals surface area contributed by atoms with Gasteiger partial charge in [-0.3, -0.25) is 4.79 Å². The van der Waals surface area contributed by atoms with E-state index in [0.717, 1.165) is 18.5 Å². The molecule has 1 amide bonds. The first-order valence-corrected chi connectivity index (χ1v) is 9.19. The lowest BCUT2D eigenvalue weighted by molar-refractivity contribution is -0.129. The average Bonchev–Trinajstić information content (AvgIpc) is 2.67. The summed E-state index contributed by atoms with van der Waals surface area (Å²) in [5.41, 5.74) is 2.56. The number of amides is 1. The Labute approximate surface area is 161 Å². The van der Waals surface area contributed by atoms with E-state index < -0.39 is 12.1 Å². The minimum Gasteiger partial charge on any atom is -0.449 e. The Balaban J connectivity index is 1.83. The van der Waals surface area contributed by atoms with Crippen LogP contribution in [0.3, 0.4) is 0 Å². The largest absolute Gasteiger partial charge is 0.449 e. The van der Waals surface area contributed by atoms with E-state index in [1.54, 1.807) is 25.1 Å². The summed E-state index contributed by atoms with van der Waals surface area (Å²) in [4.78, 5) is 26.5. The lowest BCUT2D eigenvalue weighted by atomic mass is 10.1. The predicted molar refractivity (Wildman–Crippen MR) is 108 cm³/mol. The third kappa shape index (κ3) is 6.44. The van der Waals surface area contributed by atoms with Crippen molar-refractivity contribution in [3.63, 3.8) is 0 Å². The molecule has 5 heteroatoms. The highest BCUT2D eigenvalue weighted by Crippen LogP contribution is 2.15. The van der Waals surface area contributed by atoms with Crippen LogP contribution in [-0.4, -0.2) is 38.1 Å². The Hall–Kier alpha value is -2.82. The summed E-state index contributed by atoms with van der Waals surface area (Å²) < 4.78 is 5.33. The molecule has 0 radical (unpaired) electrons. The van der Waals surface area contributed by atoms with Crippen LogP contribution in [0, 0.1) is 0 Å². The van der Waals surface area contributed by atoms with E-state index >= 15 is 0 Å². The van der Waals surface area contributed by atoms with Crippen molar-refractivity contribution in [2.24, 2.45) is 0 Å². The molecule has 0 heterocycles. The molecule has 1 N–H and O–H groups in total. The van der Waals surface area contributed by atoms with Crippen LogP contribution in [0.15, 0.2) is 54.6 Å². The van der Waals surface area contributed by atoms with Gasteiger partial charge < -0.3 is 15.0 Å². The van der Waals surface area contributed by atoms with Crippen LogP contribution < -0.4 is 10.2 Å². The molecule has 0 saturated heterocycles. The zero-order chi connectivity index (χ0) is 19.8. The molecule has 2 atom stereocenters. The maximum atomic E-state index is 12.3. The summed E-state index contributed by atoms with van der Waals surface area (Å²) in [7, 11) is 3.80. The number of benzene rings is 2. The van der Waals surface area contributed by atoms with Crippen LogP contribution >= 0.6 is 0 Å². The fourth-order valence-corrected chi connectivity index (χ4v) is 2.65. The first-order chi connectivity index (χ1) is 12.9. The second kappa shape index (κ2) is 9.76. The van der Waals surface area contributed by atoms with E-state index in [2.05, 4.69) is 17.4 Å². The molecule has 0 aliphatic carbocycles. The number of rotatable bonds is 8. The Bertz CT molecular complexity index is 759. The first kappa shape index (κ1) is 20.5. The number of carbonyl (C=O) groups excluding carboxylic acids is 2. The quantitative estimate of drug-likeness (QED) is 0.725. The Morgan fingerprint density at radius 3 is 2.41 bits per heavy atom. The summed E-state index contributed by atoms with van der Waals surface area (Å²) in [6, 6.07) is 17.3. The summed E-state index contributed by atoms with van der Waals surface area (Å²) in [6.07, 6.45) is 0.856. The predicted octanol–water partition coefficient (Wildman–Crippen LogP) is 3.44. The second-order valence-corrected chi connectivity index (χ2v) is 6.93. The van der Waals surface area contributed by atoms with Gasteiger partial charge in [0.05, 0.1) is 5.56 Å². The molecule has 2 aromatic rings. The Morgan fingerprint density at radius 1 is 1.04 bits per heavy atom. The zero-order valence-corrected chi connectivity index (χ0v) is 16.4. The summed E-state index contributed by atoms with van der Waals surface area (Å²) in [5.74, 6) is -0.786. The number of aryl methyl sites for hydroxylation is 1. The fourth-order valence-electron chi connectivity index (χ4n) is 2.65. The van der Waals surface area contributed by atoms with Gasteiger partial charge in [0.15, 0.2) is 6.10 Å². The van der Waals surface area contributed by atoms with Crippen molar-refractivity contribution < 1.29 is 14.3 Å². The fraction of sp³-hybridized carbons (Fsp3) is 0.364. The number of nitrogens with one attached hydrogen (secondary N) is 1. The molecular weight excluding hydrogens is 340 g/mol. The van der Waals surface area contributed by atoms with Crippen LogP contribution in [0.4, 0.5) is 5.69 Å². The smallest absolute Gasteiger partial charge is 0.338 e. The Morgan fingerprint density at radius 2 is 1.74 bits per heavy atom. The van der Waals surface area contributed by atoms with Crippen molar-refractivity contribution in [1.29, 1.82) is 0 Å². The standard InChI is InChI=1S/C22H28N2O3/c1-16(13-14-18-9-6-5-7-10-18)23-21(25)17(2)27-22(26)19-11-8-12-20(15-19)24(3)4/h5-12,15-17H,13-14H2,1-4H3,(H,23,25)/t16-,17-/m1/s1. The minimum atomic E-state index is -0.848. The van der Waals surface area contributed by atoms with Gasteiger partial charge >= 0.3 is 5.97 Å². The number of esters is 1. The molecule has 0 fully saturated rings. The van der Waals surface area contributed by atoms with E-state index in [4.69, 9.17) is 4.74 Å². The monoisotopic (exact) mass is 368 g/mol. The van der Waals surface area contributed by atoms with Gasteiger partial charge in [-0.25, -0.2) is 4.79 Å². The molecule has 0 aliphatic rings. The number of nitrogens with zero attached hydrogens (tertiary/aromatic N) is 1. The van der Waals surface area contributed by atoms with E-state index in [0.29, 0.717) is 5.56 Å². The molecule has 0 spiro atoms. The van der Waals surface area contributed by atoms with Crippen LogP contribution in [0.5, 0.6) is 0 Å². The van der Waals surface area contributed by atoms with E-state index in [1.807, 2.05) is 50.2 Å². The number of anilines is 1. The van der Waals surface area contributed by atoms with Crippen LogP contribution in [-0.2, 0) is 16.0 Å². The maximum Gasteiger partial charge on any atom is 0.338 e. The molecule has 2 aromatic carbocycles. The SMILES string of the molecule is C[C@H](CCc1ccccc1)NC(=O)[C@@H](C)OC(=O)c1cccc(N(C)C)c1. The number of hydrogen-bond acceptors (Lipinski definition) is 4. The van der Waals surface area contributed by atoms with Gasteiger partial charge in [0.2, 0.25) is 0 Å². The van der Waals surface area contributed by atoms with Gasteiger partial charge in [-0.15, -0.1) is 0 Å². The van der Waals surface area contributed by atoms with Crippen molar-refractivity contribution in [2.75, 3.05) is 19.0 Å². The van der Waals surface area contributed by atoms with Crippen molar-refractivity contribution in [1.82, 2.24) is 5.32 Å². The van der Waals surface area contributed by atoms with Gasteiger partial charge in [0, 0.05) is 25.8 Å². The van der Waals surface area contributed by atoms with Gasteiger partial charge in [-0.05, 0) is 50.5 Å². The third-order valence-electron chi connectivity index (χ3n) is 4.35. The summed E-state index contributed by atoms with van der Waals surface area (Å²) in [6.45, 7) is 3.54. The van der Waals surface area contributed by atoms with Crippen LogP contribution in [0.1, 0.15) is 36.2 Å². The van der Waals surface area contributed by atoms with E-state index in [-0.39, 0.29) is 11.9 Å². The lowest BCUT2D eigenvalue weighted by Crippen LogP contribution is -2.41. The average molecular weight is 368 g/mol. The van der Waals surface area contributed by atoms with E-state index in [1.165, 1.54) is 5.56 Å². The molecular formula is C22H28N2O3. The van der Waals surface area contributed by atoms with Crippen molar-refractivity contribution in [3.05, 3.63) is 65.7 Å². The number of carbonyl (C=O) groups is 2. The van der Waals surface area contributed by atoms with Crippen molar-refractivity contribution >= 4 is 17.6 Å². The molecule has 0 aliphatic heterocycles. The Kier molecular flexibility index (Phi) is 7.41. The highest BCUT2D eigenvalue weighted by Gasteiger charge is 2.20. The van der Waals surface area contributed by atoms with Gasteiger partial charge in [-0.1, -0.05) is 36.4 Å². The van der Waals surface area contributed by atoms with E-state index in [9.17, 15) is 9.59 Å². The number of hydrogen-bond donors (Lipinski definition) is 1. The zero-order valence-electron chi connectivity index (χ0n) is 16.4. The normalized spacial score (nSPS) is 12.7. The molecule has 0 aromatic heterocycles. The van der Waals surface area contributed by atoms with Crippen LogP contribution in [0.25, 0.3) is 0 Å². The van der Waals surface area contributed by atoms with Crippen molar-refractivity contribution in [2.45, 2.75) is 38.8 Å². The van der Waals surface area contributed by atoms with Gasteiger partial charge in [-0.2, -0.15) is 0 Å². The topological polar surface area (TPSA) is 58.6 Å².